The molecule has 214 valence electrons. The molecular formula is C31H39N3O5S. The molecule has 40 heavy (non-hydrogen) atoms. The molecule has 0 bridgehead atoms. The van der Waals surface area contributed by atoms with E-state index < -0.39 is 28.5 Å². The van der Waals surface area contributed by atoms with Crippen LogP contribution < -0.4 is 14.4 Å². The molecule has 0 saturated carbocycles. The Hall–Kier alpha value is -3.85. The Labute approximate surface area is 238 Å². The van der Waals surface area contributed by atoms with Gasteiger partial charge in [0.2, 0.25) is 11.8 Å². The number of nitrogens with one attached hydrogen (secondary N) is 1. The number of carbonyl (C=O) groups is 2. The standard InChI is InChI=1S/C31H39N3O5S/c1-22(2)19-32-31(36)25(5)33(20-26-11-9-12-27(18-26)39-6)30(35)21-34(29-13-8-7-10-24(29)4)40(37,38)28-16-14-23(3)15-17-28/h7-18,22,25H,19-21H2,1-6H3,(H,32,36)/t25-/m1/s1. The number of para-hydroxylation sites is 1. The predicted molar refractivity (Wildman–Crippen MR) is 158 cm³/mol. The molecule has 0 aliphatic carbocycles. The smallest absolute Gasteiger partial charge is 0.264 e. The average molecular weight is 566 g/mol. The van der Waals surface area contributed by atoms with Crippen molar-refractivity contribution in [2.45, 2.75) is 52.1 Å². The van der Waals surface area contributed by atoms with Gasteiger partial charge in [-0.2, -0.15) is 0 Å². The van der Waals surface area contributed by atoms with Crippen LogP contribution in [0.15, 0.2) is 77.7 Å². The van der Waals surface area contributed by atoms with Gasteiger partial charge in [0.1, 0.15) is 18.3 Å². The fourth-order valence-corrected chi connectivity index (χ4v) is 5.68. The Morgan fingerprint density at radius 3 is 2.23 bits per heavy atom. The molecule has 0 spiro atoms. The van der Waals surface area contributed by atoms with Crippen molar-refractivity contribution < 1.29 is 22.7 Å². The maximum Gasteiger partial charge on any atom is 0.264 e. The summed E-state index contributed by atoms with van der Waals surface area (Å²) in [5.74, 6) is 0.0305. The van der Waals surface area contributed by atoms with Crippen molar-refractivity contribution in [3.05, 3.63) is 89.5 Å². The maximum atomic E-state index is 14.0. The van der Waals surface area contributed by atoms with E-state index in [1.54, 1.807) is 63.4 Å². The van der Waals surface area contributed by atoms with E-state index in [4.69, 9.17) is 4.74 Å². The van der Waals surface area contributed by atoms with E-state index in [1.165, 1.54) is 17.0 Å². The zero-order chi connectivity index (χ0) is 29.4. The molecule has 3 aromatic rings. The van der Waals surface area contributed by atoms with E-state index >= 15 is 0 Å². The van der Waals surface area contributed by atoms with Crippen LogP contribution in [-0.2, 0) is 26.2 Å². The number of amides is 2. The first-order chi connectivity index (χ1) is 18.9. The third kappa shape index (κ3) is 7.63. The molecule has 0 aromatic heterocycles. The fraction of sp³-hybridized carbons (Fsp3) is 0.355. The number of hydrogen-bond acceptors (Lipinski definition) is 5. The van der Waals surface area contributed by atoms with Crippen LogP contribution in [0.25, 0.3) is 0 Å². The highest BCUT2D eigenvalue weighted by molar-refractivity contribution is 7.92. The van der Waals surface area contributed by atoms with Gasteiger partial charge in [-0.05, 0) is 68.1 Å². The zero-order valence-corrected chi connectivity index (χ0v) is 24.9. The topological polar surface area (TPSA) is 96.0 Å². The second-order valence-electron chi connectivity index (χ2n) is 10.3. The second-order valence-corrected chi connectivity index (χ2v) is 12.2. The van der Waals surface area contributed by atoms with Crippen LogP contribution in [0.3, 0.4) is 0 Å². The van der Waals surface area contributed by atoms with E-state index in [2.05, 4.69) is 5.32 Å². The number of anilines is 1. The summed E-state index contributed by atoms with van der Waals surface area (Å²) >= 11 is 0. The molecule has 0 unspecified atom stereocenters. The van der Waals surface area contributed by atoms with E-state index in [0.717, 1.165) is 15.4 Å². The largest absolute Gasteiger partial charge is 0.497 e. The van der Waals surface area contributed by atoms with Crippen LogP contribution in [-0.4, -0.2) is 51.4 Å². The van der Waals surface area contributed by atoms with Gasteiger partial charge in [0.05, 0.1) is 17.7 Å². The maximum absolute atomic E-state index is 14.0. The minimum absolute atomic E-state index is 0.0798. The summed E-state index contributed by atoms with van der Waals surface area (Å²) in [4.78, 5) is 28.6. The van der Waals surface area contributed by atoms with Crippen molar-refractivity contribution >= 4 is 27.5 Å². The number of carbonyl (C=O) groups excluding carboxylic acids is 2. The molecule has 3 rings (SSSR count). The first-order valence-corrected chi connectivity index (χ1v) is 14.7. The van der Waals surface area contributed by atoms with Crippen molar-refractivity contribution in [3.8, 4) is 5.75 Å². The molecule has 9 heteroatoms. The molecule has 0 aliphatic heterocycles. The Kier molecular flexibility index (Phi) is 10.3. The van der Waals surface area contributed by atoms with Gasteiger partial charge in [0.15, 0.2) is 0 Å². The van der Waals surface area contributed by atoms with Gasteiger partial charge < -0.3 is 15.0 Å². The van der Waals surface area contributed by atoms with Crippen LogP contribution in [0.5, 0.6) is 5.75 Å². The monoisotopic (exact) mass is 565 g/mol. The molecular weight excluding hydrogens is 526 g/mol. The van der Waals surface area contributed by atoms with Crippen molar-refractivity contribution in [1.29, 1.82) is 0 Å². The lowest BCUT2D eigenvalue weighted by molar-refractivity contribution is -0.139. The van der Waals surface area contributed by atoms with Gasteiger partial charge in [0.25, 0.3) is 10.0 Å². The summed E-state index contributed by atoms with van der Waals surface area (Å²) in [5, 5.41) is 2.89. The van der Waals surface area contributed by atoms with Crippen molar-refractivity contribution in [1.82, 2.24) is 10.2 Å². The number of sulfonamides is 1. The van der Waals surface area contributed by atoms with Crippen molar-refractivity contribution in [3.63, 3.8) is 0 Å². The summed E-state index contributed by atoms with van der Waals surface area (Å²) < 4.78 is 34.3. The van der Waals surface area contributed by atoms with E-state index in [1.807, 2.05) is 39.0 Å². The lowest BCUT2D eigenvalue weighted by Crippen LogP contribution is -2.51. The Morgan fingerprint density at radius 1 is 0.925 bits per heavy atom. The summed E-state index contributed by atoms with van der Waals surface area (Å²) in [5.41, 5.74) is 2.77. The van der Waals surface area contributed by atoms with Crippen molar-refractivity contribution in [2.75, 3.05) is 24.5 Å². The predicted octanol–water partition coefficient (Wildman–Crippen LogP) is 4.70. The molecule has 1 atom stereocenters. The number of ether oxygens (including phenoxy) is 1. The minimum atomic E-state index is -4.11. The normalized spacial score (nSPS) is 12.1. The SMILES string of the molecule is COc1cccc(CN(C(=O)CN(c2ccccc2C)S(=O)(=O)c2ccc(C)cc2)[C@H](C)C(=O)NCC(C)C)c1. The number of rotatable bonds is 12. The molecule has 0 radical (unpaired) electrons. The van der Waals surface area contributed by atoms with Gasteiger partial charge in [-0.25, -0.2) is 8.42 Å². The molecule has 3 aromatic carbocycles. The fourth-order valence-electron chi connectivity index (χ4n) is 4.20. The number of aryl methyl sites for hydroxylation is 2. The highest BCUT2D eigenvalue weighted by atomic mass is 32.2. The molecule has 2 amide bonds. The second kappa shape index (κ2) is 13.5. The lowest BCUT2D eigenvalue weighted by Gasteiger charge is -2.32. The quantitative estimate of drug-likeness (QED) is 0.344. The third-order valence-corrected chi connectivity index (χ3v) is 8.38. The Morgan fingerprint density at radius 2 is 1.60 bits per heavy atom. The summed E-state index contributed by atoms with van der Waals surface area (Å²) in [6, 6.07) is 19.9. The summed E-state index contributed by atoms with van der Waals surface area (Å²) in [6.45, 7) is 9.38. The number of hydrogen-bond donors (Lipinski definition) is 1. The van der Waals surface area contributed by atoms with Crippen molar-refractivity contribution in [2.24, 2.45) is 5.92 Å². The Balaban J connectivity index is 2.03. The average Bonchev–Trinajstić information content (AvgIpc) is 2.93. The van der Waals surface area contributed by atoms with Gasteiger partial charge in [0, 0.05) is 13.1 Å². The van der Waals surface area contributed by atoms with Crippen LogP contribution in [0.4, 0.5) is 5.69 Å². The molecule has 8 nitrogen and oxygen atoms in total. The summed E-state index contributed by atoms with van der Waals surface area (Å²) in [6.07, 6.45) is 0. The van der Waals surface area contributed by atoms with E-state index in [-0.39, 0.29) is 23.3 Å². The summed E-state index contributed by atoms with van der Waals surface area (Å²) in [7, 11) is -2.55. The van der Waals surface area contributed by atoms with Gasteiger partial charge in [-0.1, -0.05) is 61.9 Å². The Bertz CT molecular complexity index is 1420. The minimum Gasteiger partial charge on any atom is -0.497 e. The number of benzene rings is 3. The third-order valence-electron chi connectivity index (χ3n) is 6.61. The molecule has 0 saturated heterocycles. The van der Waals surface area contributed by atoms with E-state index in [9.17, 15) is 18.0 Å². The van der Waals surface area contributed by atoms with Gasteiger partial charge in [-0.15, -0.1) is 0 Å². The first-order valence-electron chi connectivity index (χ1n) is 13.3. The molecule has 1 N–H and O–H groups in total. The van der Waals surface area contributed by atoms with Gasteiger partial charge >= 0.3 is 0 Å². The highest BCUT2D eigenvalue weighted by Gasteiger charge is 2.33. The number of nitrogens with zero attached hydrogens (tertiary/aromatic N) is 2. The number of methoxy groups -OCH3 is 1. The lowest BCUT2D eigenvalue weighted by atomic mass is 10.1. The highest BCUT2D eigenvalue weighted by Crippen LogP contribution is 2.27. The van der Waals surface area contributed by atoms with Crippen LogP contribution in [0, 0.1) is 19.8 Å². The van der Waals surface area contributed by atoms with Crippen LogP contribution >= 0.6 is 0 Å². The van der Waals surface area contributed by atoms with E-state index in [0.29, 0.717) is 23.5 Å². The first kappa shape index (κ1) is 30.7. The van der Waals surface area contributed by atoms with Crippen LogP contribution in [0.1, 0.15) is 37.5 Å². The molecule has 0 aliphatic rings. The van der Waals surface area contributed by atoms with Gasteiger partial charge in [-0.3, -0.25) is 13.9 Å². The zero-order valence-electron chi connectivity index (χ0n) is 24.0. The molecule has 0 heterocycles. The van der Waals surface area contributed by atoms with Crippen LogP contribution in [0.2, 0.25) is 0 Å². The molecule has 0 fully saturated rings.